The van der Waals surface area contributed by atoms with Crippen LogP contribution < -0.4 is 0 Å². The maximum atomic E-state index is 5.94. The zero-order chi connectivity index (χ0) is 10.8. The van der Waals surface area contributed by atoms with E-state index in [0.717, 1.165) is 17.5 Å². The summed E-state index contributed by atoms with van der Waals surface area (Å²) >= 11 is 9.53. The second-order valence-corrected chi connectivity index (χ2v) is 5.18. The minimum Gasteiger partial charge on any atom is -0.373 e. The van der Waals surface area contributed by atoms with Crippen LogP contribution >= 0.6 is 27.5 Å². The van der Waals surface area contributed by atoms with Crippen molar-refractivity contribution in [2.24, 2.45) is 5.92 Å². The molecule has 1 aliphatic heterocycles. The number of rotatable bonds is 2. The molecule has 1 fully saturated rings. The van der Waals surface area contributed by atoms with Crippen molar-refractivity contribution in [3.8, 4) is 0 Å². The predicted octanol–water partition coefficient (Wildman–Crippen LogP) is 4.07. The average Bonchev–Trinajstić information content (AvgIpc) is 2.65. The zero-order valence-corrected chi connectivity index (χ0v) is 11.0. The highest BCUT2D eigenvalue weighted by molar-refractivity contribution is 9.10. The summed E-state index contributed by atoms with van der Waals surface area (Å²) in [4.78, 5) is 0. The molecular formula is C12H14BrClO. The first-order valence-corrected chi connectivity index (χ1v) is 6.48. The molecular weight excluding hydrogens is 275 g/mol. The van der Waals surface area contributed by atoms with Gasteiger partial charge in [-0.2, -0.15) is 0 Å². The molecule has 1 heterocycles. The molecule has 2 rings (SSSR count). The molecule has 3 heteroatoms. The van der Waals surface area contributed by atoms with Crippen LogP contribution in [0.4, 0.5) is 0 Å². The third-order valence-corrected chi connectivity index (χ3v) is 3.96. The van der Waals surface area contributed by atoms with E-state index in [2.05, 4.69) is 41.1 Å². The Morgan fingerprint density at radius 3 is 3.00 bits per heavy atom. The molecule has 15 heavy (non-hydrogen) atoms. The molecule has 0 amide bonds. The molecule has 0 spiro atoms. The van der Waals surface area contributed by atoms with Crippen LogP contribution in [0, 0.1) is 12.8 Å². The minimum atomic E-state index is 0.164. The van der Waals surface area contributed by atoms with Crippen LogP contribution in [0.3, 0.4) is 0 Å². The van der Waals surface area contributed by atoms with Crippen molar-refractivity contribution in [1.82, 2.24) is 0 Å². The smallest absolute Gasteiger partial charge is 0.0876 e. The van der Waals surface area contributed by atoms with E-state index < -0.39 is 0 Å². The Labute approximate surface area is 104 Å². The van der Waals surface area contributed by atoms with Crippen LogP contribution in [0.1, 0.15) is 23.7 Å². The fourth-order valence-corrected chi connectivity index (χ4v) is 3.03. The van der Waals surface area contributed by atoms with Crippen LogP contribution in [0.15, 0.2) is 22.7 Å². The van der Waals surface area contributed by atoms with E-state index in [-0.39, 0.29) is 6.10 Å². The maximum absolute atomic E-state index is 5.94. The van der Waals surface area contributed by atoms with Gasteiger partial charge >= 0.3 is 0 Å². The van der Waals surface area contributed by atoms with Gasteiger partial charge in [-0.1, -0.05) is 28.1 Å². The number of aryl methyl sites for hydroxylation is 1. The number of hydrogen-bond acceptors (Lipinski definition) is 1. The molecule has 1 aromatic rings. The molecule has 1 aliphatic rings. The first-order valence-electron chi connectivity index (χ1n) is 5.16. The summed E-state index contributed by atoms with van der Waals surface area (Å²) in [6, 6.07) is 6.38. The highest BCUT2D eigenvalue weighted by Crippen LogP contribution is 2.38. The van der Waals surface area contributed by atoms with Crippen molar-refractivity contribution in [2.75, 3.05) is 12.5 Å². The highest BCUT2D eigenvalue weighted by atomic mass is 79.9. The molecule has 0 N–H and O–H groups in total. The Bertz CT molecular complexity index is 353. The Hall–Kier alpha value is -0.0500. The molecule has 1 nitrogen and oxygen atoms in total. The van der Waals surface area contributed by atoms with Crippen molar-refractivity contribution < 1.29 is 4.74 Å². The van der Waals surface area contributed by atoms with Gasteiger partial charge in [-0.3, -0.25) is 0 Å². The number of hydrogen-bond donors (Lipinski definition) is 0. The second kappa shape index (κ2) is 4.86. The summed E-state index contributed by atoms with van der Waals surface area (Å²) in [5, 5.41) is 0. The Balaban J connectivity index is 2.28. The Morgan fingerprint density at radius 1 is 1.53 bits per heavy atom. The first kappa shape index (κ1) is 11.4. The predicted molar refractivity (Wildman–Crippen MR) is 66.4 cm³/mol. The summed E-state index contributed by atoms with van der Waals surface area (Å²) in [7, 11) is 0. The Morgan fingerprint density at radius 2 is 2.33 bits per heavy atom. The van der Waals surface area contributed by atoms with E-state index in [1.807, 2.05) is 0 Å². The third-order valence-electron chi connectivity index (χ3n) is 2.87. The van der Waals surface area contributed by atoms with Gasteiger partial charge in [0.1, 0.15) is 0 Å². The number of alkyl halides is 1. The summed E-state index contributed by atoms with van der Waals surface area (Å²) in [5.74, 6) is 1.12. The van der Waals surface area contributed by atoms with Gasteiger partial charge in [0.25, 0.3) is 0 Å². The molecule has 2 unspecified atom stereocenters. The summed E-state index contributed by atoms with van der Waals surface area (Å²) < 4.78 is 6.88. The van der Waals surface area contributed by atoms with Crippen LogP contribution in [-0.2, 0) is 4.74 Å². The fraction of sp³-hybridized carbons (Fsp3) is 0.500. The Kier molecular flexibility index (Phi) is 3.70. The number of halogens is 2. The van der Waals surface area contributed by atoms with Gasteiger partial charge in [-0.05, 0) is 30.5 Å². The van der Waals surface area contributed by atoms with Crippen molar-refractivity contribution in [1.29, 1.82) is 0 Å². The largest absolute Gasteiger partial charge is 0.373 e. The summed E-state index contributed by atoms with van der Waals surface area (Å²) in [5.41, 5.74) is 2.48. The van der Waals surface area contributed by atoms with E-state index >= 15 is 0 Å². The van der Waals surface area contributed by atoms with Crippen molar-refractivity contribution in [3.05, 3.63) is 33.8 Å². The van der Waals surface area contributed by atoms with E-state index in [9.17, 15) is 0 Å². The maximum Gasteiger partial charge on any atom is 0.0876 e. The summed E-state index contributed by atoms with van der Waals surface area (Å²) in [6.07, 6.45) is 1.23. The normalized spacial score (nSPS) is 25.8. The van der Waals surface area contributed by atoms with Gasteiger partial charge in [0.15, 0.2) is 0 Å². The lowest BCUT2D eigenvalue weighted by molar-refractivity contribution is 0.0946. The van der Waals surface area contributed by atoms with Gasteiger partial charge in [0.2, 0.25) is 0 Å². The van der Waals surface area contributed by atoms with E-state index in [1.54, 1.807) is 0 Å². The molecule has 0 radical (unpaired) electrons. The van der Waals surface area contributed by atoms with Gasteiger partial charge in [0.05, 0.1) is 6.10 Å². The topological polar surface area (TPSA) is 9.23 Å². The molecule has 2 atom stereocenters. The quantitative estimate of drug-likeness (QED) is 0.746. The average molecular weight is 290 g/mol. The lowest BCUT2D eigenvalue weighted by Crippen LogP contribution is -2.09. The lowest BCUT2D eigenvalue weighted by atomic mass is 9.96. The molecule has 82 valence electrons. The van der Waals surface area contributed by atoms with Crippen LogP contribution in [-0.4, -0.2) is 12.5 Å². The highest BCUT2D eigenvalue weighted by Gasteiger charge is 2.30. The van der Waals surface area contributed by atoms with E-state index in [1.165, 1.54) is 11.1 Å². The van der Waals surface area contributed by atoms with Crippen LogP contribution in [0.5, 0.6) is 0 Å². The molecule has 0 saturated carbocycles. The number of ether oxygens (including phenoxy) is 1. The third kappa shape index (κ3) is 2.38. The SMILES string of the molecule is Cc1ccc(C2OCCC2CCl)c(Br)c1. The lowest BCUT2D eigenvalue weighted by Gasteiger charge is -2.18. The van der Waals surface area contributed by atoms with Crippen molar-refractivity contribution in [2.45, 2.75) is 19.4 Å². The van der Waals surface area contributed by atoms with Gasteiger partial charge in [-0.25, -0.2) is 0 Å². The van der Waals surface area contributed by atoms with Crippen LogP contribution in [0.2, 0.25) is 0 Å². The van der Waals surface area contributed by atoms with E-state index in [4.69, 9.17) is 16.3 Å². The van der Waals surface area contributed by atoms with Crippen molar-refractivity contribution >= 4 is 27.5 Å². The van der Waals surface area contributed by atoms with Gasteiger partial charge < -0.3 is 4.74 Å². The first-order chi connectivity index (χ1) is 7.22. The van der Waals surface area contributed by atoms with Crippen LogP contribution in [0.25, 0.3) is 0 Å². The zero-order valence-electron chi connectivity index (χ0n) is 8.67. The standard InChI is InChI=1S/C12H14BrClO/c1-8-2-3-10(11(13)6-8)12-9(7-14)4-5-15-12/h2-3,6,9,12H,4-5,7H2,1H3. The fourth-order valence-electron chi connectivity index (χ4n) is 2.00. The van der Waals surface area contributed by atoms with Gasteiger partial charge in [0, 0.05) is 22.9 Å². The monoisotopic (exact) mass is 288 g/mol. The van der Waals surface area contributed by atoms with Crippen molar-refractivity contribution in [3.63, 3.8) is 0 Å². The molecule has 1 aromatic carbocycles. The number of benzene rings is 1. The summed E-state index contributed by atoms with van der Waals surface area (Å²) in [6.45, 7) is 2.91. The van der Waals surface area contributed by atoms with E-state index in [0.29, 0.717) is 11.8 Å². The molecule has 0 aliphatic carbocycles. The minimum absolute atomic E-state index is 0.164. The van der Waals surface area contributed by atoms with Gasteiger partial charge in [-0.15, -0.1) is 11.6 Å². The molecule has 0 bridgehead atoms. The molecule has 1 saturated heterocycles. The second-order valence-electron chi connectivity index (χ2n) is 4.02. The molecule has 0 aromatic heterocycles.